The molecular weight excluding hydrogens is 214 g/mol. The molecule has 4 aliphatic rings. The molecule has 0 amide bonds. The summed E-state index contributed by atoms with van der Waals surface area (Å²) in [6, 6.07) is 0.963. The van der Waals surface area contributed by atoms with E-state index in [1.54, 1.807) is 0 Å². The number of likely N-dealkylation sites (N-methyl/N-ethyl adjacent to an activating group) is 1. The molecule has 0 aromatic carbocycles. The van der Waals surface area contributed by atoms with Gasteiger partial charge in [-0.3, -0.25) is 9.80 Å². The van der Waals surface area contributed by atoms with E-state index in [4.69, 9.17) is 4.74 Å². The van der Waals surface area contributed by atoms with Gasteiger partial charge in [-0.05, 0) is 26.0 Å². The zero-order valence-corrected chi connectivity index (χ0v) is 10.7. The molecule has 0 aliphatic carbocycles. The Kier molecular flexibility index (Phi) is 3.36. The normalized spacial score (nSPS) is 38.4. The van der Waals surface area contributed by atoms with Crippen molar-refractivity contribution in [3.63, 3.8) is 0 Å². The third-order valence-electron chi connectivity index (χ3n) is 4.29. The minimum atomic E-state index is 0.374. The van der Waals surface area contributed by atoms with Gasteiger partial charge in [-0.25, -0.2) is 0 Å². The number of hydrogen-bond donors (Lipinski definition) is 1. The van der Waals surface area contributed by atoms with Gasteiger partial charge in [0.05, 0.1) is 12.6 Å². The average molecular weight is 237 g/mol. The second-order valence-electron chi connectivity index (χ2n) is 5.27. The van der Waals surface area contributed by atoms with Crippen LogP contribution in [0.3, 0.4) is 0 Å². The molecule has 2 atom stereocenters. The number of nitrogens with one attached hydrogen (secondary N) is 1. The predicted molar refractivity (Wildman–Crippen MR) is 67.9 cm³/mol. The fraction of sp³-hybridized carbons (Fsp3) is 0.846. The summed E-state index contributed by atoms with van der Waals surface area (Å²) < 4.78 is 5.85. The van der Waals surface area contributed by atoms with Gasteiger partial charge in [0.2, 0.25) is 0 Å². The lowest BCUT2D eigenvalue weighted by Crippen LogP contribution is -2.66. The summed E-state index contributed by atoms with van der Waals surface area (Å²) in [5, 5.41) is 3.46. The Bertz CT molecular complexity index is 297. The third kappa shape index (κ3) is 2.21. The molecule has 4 nitrogen and oxygen atoms in total. The largest absolute Gasteiger partial charge is 0.497 e. The Balaban J connectivity index is 1.74. The highest BCUT2D eigenvalue weighted by Gasteiger charge is 2.38. The maximum atomic E-state index is 5.85. The summed E-state index contributed by atoms with van der Waals surface area (Å²) in [6.07, 6.45) is 4.62. The molecule has 17 heavy (non-hydrogen) atoms. The Morgan fingerprint density at radius 1 is 1.35 bits per heavy atom. The third-order valence-corrected chi connectivity index (χ3v) is 4.29. The lowest BCUT2D eigenvalue weighted by Gasteiger charge is -2.50. The fourth-order valence-corrected chi connectivity index (χ4v) is 3.29. The minimum Gasteiger partial charge on any atom is -0.497 e. The van der Waals surface area contributed by atoms with Gasteiger partial charge in [-0.15, -0.1) is 0 Å². The first-order valence-corrected chi connectivity index (χ1v) is 6.85. The quantitative estimate of drug-likeness (QED) is 0.762. The Labute approximate surface area is 104 Å². The first kappa shape index (κ1) is 11.5. The molecule has 2 bridgehead atoms. The molecule has 3 fully saturated rings. The summed E-state index contributed by atoms with van der Waals surface area (Å²) in [7, 11) is 2.06. The van der Waals surface area contributed by atoms with Gasteiger partial charge in [0.1, 0.15) is 5.76 Å². The van der Waals surface area contributed by atoms with E-state index >= 15 is 0 Å². The molecule has 96 valence electrons. The first-order valence-electron chi connectivity index (χ1n) is 6.85. The van der Waals surface area contributed by atoms with Crippen LogP contribution in [0, 0.1) is 0 Å². The van der Waals surface area contributed by atoms with Gasteiger partial charge in [0.25, 0.3) is 0 Å². The monoisotopic (exact) mass is 237 g/mol. The van der Waals surface area contributed by atoms with Crippen LogP contribution in [0.5, 0.6) is 0 Å². The number of rotatable bonds is 3. The van der Waals surface area contributed by atoms with Gasteiger partial charge in [-0.2, -0.15) is 0 Å². The molecule has 0 aromatic rings. The highest BCUT2D eigenvalue weighted by Crippen LogP contribution is 2.24. The van der Waals surface area contributed by atoms with Crippen LogP contribution in [0.2, 0.25) is 0 Å². The lowest BCUT2D eigenvalue weighted by molar-refractivity contribution is -0.00704. The van der Waals surface area contributed by atoms with E-state index in [2.05, 4.69) is 28.2 Å². The van der Waals surface area contributed by atoms with Crippen LogP contribution in [0.25, 0.3) is 0 Å². The van der Waals surface area contributed by atoms with Crippen LogP contribution in [-0.4, -0.2) is 68.3 Å². The summed E-state index contributed by atoms with van der Waals surface area (Å²) in [5.74, 6) is 1.18. The van der Waals surface area contributed by atoms with Crippen molar-refractivity contribution in [1.82, 2.24) is 15.1 Å². The molecule has 4 rings (SSSR count). The molecule has 0 radical (unpaired) electrons. The van der Waals surface area contributed by atoms with Gasteiger partial charge >= 0.3 is 0 Å². The summed E-state index contributed by atoms with van der Waals surface area (Å²) in [5.41, 5.74) is 0. The maximum Gasteiger partial charge on any atom is 0.111 e. The second-order valence-corrected chi connectivity index (χ2v) is 5.27. The maximum absolute atomic E-state index is 5.85. The molecule has 4 aliphatic heterocycles. The van der Waals surface area contributed by atoms with Crippen LogP contribution in [0.15, 0.2) is 11.8 Å². The first-order chi connectivity index (χ1) is 8.38. The number of fused-ring (bicyclic) bond motifs is 3. The topological polar surface area (TPSA) is 27.7 Å². The highest BCUT2D eigenvalue weighted by molar-refractivity contribution is 5.12. The number of hydrogen-bond acceptors (Lipinski definition) is 4. The van der Waals surface area contributed by atoms with Gasteiger partial charge < -0.3 is 10.1 Å². The van der Waals surface area contributed by atoms with Crippen LogP contribution >= 0.6 is 0 Å². The SMILES string of the molecule is CNC(C1=CCCCO1)C1CN2CCN1CC2. The predicted octanol–water partition coefficient (Wildman–Crippen LogP) is 0.269. The van der Waals surface area contributed by atoms with Gasteiger partial charge in [0.15, 0.2) is 0 Å². The summed E-state index contributed by atoms with van der Waals surface area (Å²) >= 11 is 0. The molecule has 3 saturated heterocycles. The lowest BCUT2D eigenvalue weighted by atomic mass is 9.97. The standard InChI is InChI=1S/C13H23N3O/c1-14-13(12-4-2-3-9-17-12)11-10-15-5-7-16(11)8-6-15/h4,11,13-14H,2-3,5-10H2,1H3. The Morgan fingerprint density at radius 3 is 2.71 bits per heavy atom. The van der Waals surface area contributed by atoms with Crippen molar-refractivity contribution in [2.24, 2.45) is 0 Å². The molecule has 4 heterocycles. The van der Waals surface area contributed by atoms with E-state index in [0.717, 1.165) is 6.61 Å². The van der Waals surface area contributed by atoms with Crippen LogP contribution in [0.1, 0.15) is 12.8 Å². The molecule has 0 spiro atoms. The van der Waals surface area contributed by atoms with Gasteiger partial charge in [-0.1, -0.05) is 0 Å². The van der Waals surface area contributed by atoms with E-state index in [1.165, 1.54) is 51.3 Å². The van der Waals surface area contributed by atoms with E-state index in [1.807, 2.05) is 0 Å². The van der Waals surface area contributed by atoms with Crippen molar-refractivity contribution in [2.75, 3.05) is 46.4 Å². The molecular formula is C13H23N3O. The van der Waals surface area contributed by atoms with Gasteiger partial charge in [0, 0.05) is 38.8 Å². The minimum absolute atomic E-state index is 0.374. The number of allylic oxidation sites excluding steroid dienone is 1. The van der Waals surface area contributed by atoms with E-state index in [9.17, 15) is 0 Å². The Hall–Kier alpha value is -0.580. The number of nitrogens with zero attached hydrogens (tertiary/aromatic N) is 2. The second kappa shape index (κ2) is 4.96. The van der Waals surface area contributed by atoms with Crippen molar-refractivity contribution in [1.29, 1.82) is 0 Å². The van der Waals surface area contributed by atoms with Crippen LogP contribution < -0.4 is 5.32 Å². The molecule has 0 saturated carbocycles. The summed E-state index contributed by atoms with van der Waals surface area (Å²) in [4.78, 5) is 5.21. The zero-order valence-electron chi connectivity index (χ0n) is 10.7. The van der Waals surface area contributed by atoms with Crippen LogP contribution in [-0.2, 0) is 4.74 Å². The van der Waals surface area contributed by atoms with Crippen molar-refractivity contribution >= 4 is 0 Å². The highest BCUT2D eigenvalue weighted by atomic mass is 16.5. The number of piperazine rings is 3. The number of ether oxygens (including phenoxy) is 1. The van der Waals surface area contributed by atoms with E-state index in [-0.39, 0.29) is 0 Å². The smallest absolute Gasteiger partial charge is 0.111 e. The molecule has 4 heteroatoms. The zero-order chi connectivity index (χ0) is 11.7. The van der Waals surface area contributed by atoms with Crippen molar-refractivity contribution in [3.05, 3.63) is 11.8 Å². The van der Waals surface area contributed by atoms with Crippen molar-refractivity contribution < 1.29 is 4.74 Å². The molecule has 2 unspecified atom stereocenters. The Morgan fingerprint density at radius 2 is 2.18 bits per heavy atom. The van der Waals surface area contributed by atoms with E-state index < -0.39 is 0 Å². The average Bonchev–Trinajstić information content (AvgIpc) is 2.42. The van der Waals surface area contributed by atoms with Crippen molar-refractivity contribution in [2.45, 2.75) is 24.9 Å². The van der Waals surface area contributed by atoms with Crippen LogP contribution in [0.4, 0.5) is 0 Å². The van der Waals surface area contributed by atoms with E-state index in [0.29, 0.717) is 12.1 Å². The fourth-order valence-electron chi connectivity index (χ4n) is 3.29. The molecule has 1 N–H and O–H groups in total. The molecule has 0 aromatic heterocycles. The summed E-state index contributed by atoms with van der Waals surface area (Å²) in [6.45, 7) is 7.00. The van der Waals surface area contributed by atoms with Crippen molar-refractivity contribution in [3.8, 4) is 0 Å².